The maximum Gasteiger partial charge on any atom is 0.271 e. The van der Waals surface area contributed by atoms with Gasteiger partial charge in [0.25, 0.3) is 11.6 Å². The number of amides is 1. The molecule has 0 aliphatic carbocycles. The van der Waals surface area contributed by atoms with Gasteiger partial charge in [-0.15, -0.1) is 0 Å². The molecule has 0 saturated heterocycles. The Morgan fingerprint density at radius 2 is 1.81 bits per heavy atom. The van der Waals surface area contributed by atoms with Crippen molar-refractivity contribution in [3.8, 4) is 0 Å². The molecule has 1 aliphatic heterocycles. The third-order valence-corrected chi connectivity index (χ3v) is 6.13. The van der Waals surface area contributed by atoms with Gasteiger partial charge in [-0.1, -0.05) is 6.07 Å². The van der Waals surface area contributed by atoms with Crippen LogP contribution in [0.25, 0.3) is 0 Å². The highest BCUT2D eigenvalue weighted by molar-refractivity contribution is 7.89. The SMILES string of the molecule is CN(C)S(=O)(=O)c1ccc(C(=O)N2CCc3ccc([N+](=O)[O-])cc32)cc1. The van der Waals surface area contributed by atoms with Gasteiger partial charge in [-0.3, -0.25) is 14.9 Å². The van der Waals surface area contributed by atoms with Gasteiger partial charge in [0.2, 0.25) is 10.0 Å². The lowest BCUT2D eigenvalue weighted by molar-refractivity contribution is -0.384. The molecule has 0 atom stereocenters. The molecule has 0 spiro atoms. The van der Waals surface area contributed by atoms with Crippen LogP contribution in [0.2, 0.25) is 0 Å². The topological polar surface area (TPSA) is 101 Å². The fraction of sp³-hybridized carbons (Fsp3) is 0.235. The van der Waals surface area contributed by atoms with Crippen molar-refractivity contribution in [2.45, 2.75) is 11.3 Å². The second-order valence-electron chi connectivity index (χ2n) is 6.09. The Morgan fingerprint density at radius 1 is 1.15 bits per heavy atom. The van der Waals surface area contributed by atoms with Crippen LogP contribution < -0.4 is 4.90 Å². The molecule has 0 unspecified atom stereocenters. The molecule has 0 saturated carbocycles. The molecule has 3 rings (SSSR count). The van der Waals surface area contributed by atoms with Gasteiger partial charge in [-0.2, -0.15) is 0 Å². The lowest BCUT2D eigenvalue weighted by Gasteiger charge is -2.18. The molecule has 1 heterocycles. The molecule has 0 N–H and O–H groups in total. The van der Waals surface area contributed by atoms with Crippen molar-refractivity contribution >= 4 is 27.3 Å². The fourth-order valence-corrected chi connectivity index (χ4v) is 3.73. The molecule has 8 nitrogen and oxygen atoms in total. The van der Waals surface area contributed by atoms with Crippen LogP contribution >= 0.6 is 0 Å². The van der Waals surface area contributed by atoms with Crippen LogP contribution in [0.1, 0.15) is 15.9 Å². The van der Waals surface area contributed by atoms with Gasteiger partial charge in [-0.25, -0.2) is 12.7 Å². The second-order valence-corrected chi connectivity index (χ2v) is 8.24. The maximum absolute atomic E-state index is 12.8. The Labute approximate surface area is 150 Å². The molecule has 1 aliphatic rings. The number of non-ortho nitro benzene ring substituents is 1. The smallest absolute Gasteiger partial charge is 0.271 e. The number of benzene rings is 2. The highest BCUT2D eigenvalue weighted by atomic mass is 32.2. The van der Waals surface area contributed by atoms with E-state index in [1.807, 2.05) is 0 Å². The summed E-state index contributed by atoms with van der Waals surface area (Å²) in [6, 6.07) is 10.1. The Kier molecular flexibility index (Phi) is 4.51. The number of hydrogen-bond acceptors (Lipinski definition) is 5. The highest BCUT2D eigenvalue weighted by Crippen LogP contribution is 2.32. The quantitative estimate of drug-likeness (QED) is 0.601. The monoisotopic (exact) mass is 375 g/mol. The summed E-state index contributed by atoms with van der Waals surface area (Å²) in [5, 5.41) is 11.0. The zero-order valence-corrected chi connectivity index (χ0v) is 15.1. The second kappa shape index (κ2) is 6.50. The maximum atomic E-state index is 12.8. The zero-order chi connectivity index (χ0) is 19.1. The normalized spacial score (nSPS) is 13.7. The molecule has 1 amide bonds. The van der Waals surface area contributed by atoms with Crippen LogP contribution in [0, 0.1) is 10.1 Å². The summed E-state index contributed by atoms with van der Waals surface area (Å²) in [6.07, 6.45) is 0.617. The van der Waals surface area contributed by atoms with Gasteiger partial charge in [-0.05, 0) is 36.2 Å². The van der Waals surface area contributed by atoms with Crippen molar-refractivity contribution < 1.29 is 18.1 Å². The van der Waals surface area contributed by atoms with Crippen molar-refractivity contribution in [1.29, 1.82) is 0 Å². The number of rotatable bonds is 4. The first-order valence-electron chi connectivity index (χ1n) is 7.83. The number of carbonyl (C=O) groups excluding carboxylic acids is 1. The number of nitro groups is 1. The van der Waals surface area contributed by atoms with E-state index < -0.39 is 14.9 Å². The molecule has 0 aromatic heterocycles. The predicted molar refractivity (Wildman–Crippen MR) is 95.8 cm³/mol. The van der Waals surface area contributed by atoms with E-state index in [2.05, 4.69) is 0 Å². The Balaban J connectivity index is 1.91. The Morgan fingerprint density at radius 3 is 2.38 bits per heavy atom. The van der Waals surface area contributed by atoms with Crippen molar-refractivity contribution in [2.75, 3.05) is 25.5 Å². The van der Waals surface area contributed by atoms with Crippen LogP contribution in [0.5, 0.6) is 0 Å². The number of carbonyl (C=O) groups is 1. The van der Waals surface area contributed by atoms with E-state index in [4.69, 9.17) is 0 Å². The molecule has 0 radical (unpaired) electrons. The van der Waals surface area contributed by atoms with Gasteiger partial charge < -0.3 is 4.90 Å². The number of nitro benzene ring substituents is 1. The number of fused-ring (bicyclic) bond motifs is 1. The van der Waals surface area contributed by atoms with Gasteiger partial charge in [0.15, 0.2) is 0 Å². The van der Waals surface area contributed by atoms with Crippen molar-refractivity contribution in [2.24, 2.45) is 0 Å². The Hall–Kier alpha value is -2.78. The first kappa shape index (κ1) is 18.0. The van der Waals surface area contributed by atoms with Crippen LogP contribution in [-0.2, 0) is 16.4 Å². The molecular formula is C17H17N3O5S. The van der Waals surface area contributed by atoms with E-state index >= 15 is 0 Å². The lowest BCUT2D eigenvalue weighted by atomic mass is 10.1. The zero-order valence-electron chi connectivity index (χ0n) is 14.2. The molecule has 26 heavy (non-hydrogen) atoms. The van der Waals surface area contributed by atoms with E-state index in [1.54, 1.807) is 6.07 Å². The fourth-order valence-electron chi connectivity index (χ4n) is 2.83. The third kappa shape index (κ3) is 3.06. The number of anilines is 1. The average molecular weight is 375 g/mol. The third-order valence-electron chi connectivity index (χ3n) is 4.30. The summed E-state index contributed by atoms with van der Waals surface area (Å²) >= 11 is 0. The van der Waals surface area contributed by atoms with Crippen molar-refractivity contribution in [1.82, 2.24) is 4.31 Å². The summed E-state index contributed by atoms with van der Waals surface area (Å²) in [5.74, 6) is -0.321. The average Bonchev–Trinajstić information content (AvgIpc) is 3.04. The predicted octanol–water partition coefficient (Wildman–Crippen LogP) is 2.05. The van der Waals surface area contributed by atoms with Crippen LogP contribution in [-0.4, -0.2) is 44.2 Å². The van der Waals surface area contributed by atoms with Gasteiger partial charge in [0, 0.05) is 38.3 Å². The minimum atomic E-state index is -3.57. The van der Waals surface area contributed by atoms with E-state index in [0.717, 1.165) is 9.87 Å². The molecular weight excluding hydrogens is 358 g/mol. The molecule has 2 aromatic carbocycles. The van der Waals surface area contributed by atoms with Crippen molar-refractivity contribution in [3.63, 3.8) is 0 Å². The minimum Gasteiger partial charge on any atom is -0.308 e. The standard InChI is InChI=1S/C17H17N3O5S/c1-18(2)26(24,25)15-7-4-13(5-8-15)17(21)19-10-9-12-3-6-14(20(22)23)11-16(12)19/h3-8,11H,9-10H2,1-2H3. The number of sulfonamides is 1. The number of nitrogens with zero attached hydrogens (tertiary/aromatic N) is 3. The summed E-state index contributed by atoms with van der Waals surface area (Å²) in [7, 11) is -0.703. The number of hydrogen-bond donors (Lipinski definition) is 0. The molecule has 9 heteroatoms. The first-order valence-corrected chi connectivity index (χ1v) is 9.27. The van der Waals surface area contributed by atoms with Gasteiger partial charge in [0.05, 0.1) is 15.5 Å². The molecule has 0 bridgehead atoms. The van der Waals surface area contributed by atoms with Crippen LogP contribution in [0.3, 0.4) is 0 Å². The van der Waals surface area contributed by atoms with Crippen LogP contribution in [0.4, 0.5) is 11.4 Å². The molecule has 2 aromatic rings. The van der Waals surface area contributed by atoms with Crippen molar-refractivity contribution in [3.05, 3.63) is 63.7 Å². The summed E-state index contributed by atoms with van der Waals surface area (Å²) in [5.41, 5.74) is 1.64. The van der Waals surface area contributed by atoms with E-state index in [1.165, 1.54) is 55.4 Å². The van der Waals surface area contributed by atoms with Gasteiger partial charge >= 0.3 is 0 Å². The largest absolute Gasteiger partial charge is 0.308 e. The molecule has 136 valence electrons. The summed E-state index contributed by atoms with van der Waals surface area (Å²) in [4.78, 5) is 24.8. The van der Waals surface area contributed by atoms with E-state index in [-0.39, 0.29) is 16.5 Å². The molecule has 0 fully saturated rings. The van der Waals surface area contributed by atoms with Gasteiger partial charge in [0.1, 0.15) is 0 Å². The highest BCUT2D eigenvalue weighted by Gasteiger charge is 2.28. The Bertz CT molecular complexity index is 984. The van der Waals surface area contributed by atoms with E-state index in [9.17, 15) is 23.3 Å². The minimum absolute atomic E-state index is 0.0733. The summed E-state index contributed by atoms with van der Waals surface area (Å²) < 4.78 is 25.3. The van der Waals surface area contributed by atoms with E-state index in [0.29, 0.717) is 24.2 Å². The first-order chi connectivity index (χ1) is 12.2. The lowest BCUT2D eigenvalue weighted by Crippen LogP contribution is -2.29. The summed E-state index contributed by atoms with van der Waals surface area (Å²) in [6.45, 7) is 0.424. The van der Waals surface area contributed by atoms with Crippen LogP contribution in [0.15, 0.2) is 47.4 Å².